The molecule has 0 atom stereocenters. The van der Waals surface area contributed by atoms with Crippen LogP contribution in [0.4, 0.5) is 11.4 Å². The summed E-state index contributed by atoms with van der Waals surface area (Å²) in [5.74, 6) is 1.07. The van der Waals surface area contributed by atoms with Gasteiger partial charge in [-0.2, -0.15) is 0 Å². The van der Waals surface area contributed by atoms with Gasteiger partial charge in [0.25, 0.3) is 10.0 Å². The Kier molecular flexibility index (Phi) is 7.65. The van der Waals surface area contributed by atoms with Gasteiger partial charge in [-0.1, -0.05) is 6.08 Å². The van der Waals surface area contributed by atoms with Gasteiger partial charge < -0.3 is 20.1 Å². The van der Waals surface area contributed by atoms with Crippen molar-refractivity contribution in [2.75, 3.05) is 30.3 Å². The highest BCUT2D eigenvalue weighted by molar-refractivity contribution is 7.93. The number of thiocarbonyl (C=S) groups is 1. The van der Waals surface area contributed by atoms with Gasteiger partial charge >= 0.3 is 0 Å². The summed E-state index contributed by atoms with van der Waals surface area (Å²) >= 11 is 5.18. The number of rotatable bonds is 9. The van der Waals surface area contributed by atoms with Gasteiger partial charge in [-0.15, -0.1) is 6.58 Å². The van der Waals surface area contributed by atoms with E-state index in [0.717, 1.165) is 0 Å². The van der Waals surface area contributed by atoms with E-state index in [1.54, 1.807) is 42.5 Å². The quantitative estimate of drug-likeness (QED) is 0.423. The molecule has 28 heavy (non-hydrogen) atoms. The molecule has 0 bridgehead atoms. The first-order chi connectivity index (χ1) is 13.4. The largest absolute Gasteiger partial charge is 0.497 e. The van der Waals surface area contributed by atoms with Gasteiger partial charge in [-0.25, -0.2) is 8.42 Å². The maximum atomic E-state index is 13.0. The van der Waals surface area contributed by atoms with E-state index >= 15 is 0 Å². The third kappa shape index (κ3) is 5.86. The molecule has 2 rings (SSSR count). The van der Waals surface area contributed by atoms with Crippen LogP contribution in [0.2, 0.25) is 0 Å². The van der Waals surface area contributed by atoms with Crippen LogP contribution in [0, 0.1) is 0 Å². The second-order valence-electron chi connectivity index (χ2n) is 5.55. The Bertz CT molecular complexity index is 929. The number of ether oxygens (including phenoxy) is 2. The molecule has 9 heteroatoms. The van der Waals surface area contributed by atoms with Crippen molar-refractivity contribution in [3.8, 4) is 11.5 Å². The minimum absolute atomic E-state index is 0.00323. The average molecular weight is 422 g/mol. The maximum Gasteiger partial charge on any atom is 0.264 e. The highest BCUT2D eigenvalue weighted by atomic mass is 32.2. The van der Waals surface area contributed by atoms with Crippen molar-refractivity contribution < 1.29 is 17.9 Å². The number of hydrogen-bond donors (Lipinski definition) is 3. The topological polar surface area (TPSA) is 88.7 Å². The lowest BCUT2D eigenvalue weighted by molar-refractivity contribution is 0.340. The van der Waals surface area contributed by atoms with E-state index in [4.69, 9.17) is 21.7 Å². The van der Waals surface area contributed by atoms with Crippen molar-refractivity contribution in [3.05, 3.63) is 55.1 Å². The molecule has 0 spiro atoms. The summed E-state index contributed by atoms with van der Waals surface area (Å²) in [7, 11) is -2.44. The molecular formula is C19H23N3O4S2. The second-order valence-corrected chi connectivity index (χ2v) is 7.61. The van der Waals surface area contributed by atoms with Crippen LogP contribution in [-0.4, -0.2) is 33.8 Å². The summed E-state index contributed by atoms with van der Waals surface area (Å²) < 4.78 is 39.0. The summed E-state index contributed by atoms with van der Waals surface area (Å²) in [6.07, 6.45) is 1.65. The number of hydrogen-bond acceptors (Lipinski definition) is 5. The van der Waals surface area contributed by atoms with Crippen LogP contribution in [0.1, 0.15) is 6.92 Å². The first-order valence-electron chi connectivity index (χ1n) is 8.49. The number of benzene rings is 2. The van der Waals surface area contributed by atoms with E-state index < -0.39 is 10.0 Å². The number of nitrogens with one attached hydrogen (secondary N) is 3. The summed E-state index contributed by atoms with van der Waals surface area (Å²) in [5.41, 5.74) is 0.727. The molecule has 3 N–H and O–H groups in total. The molecule has 0 heterocycles. The third-order valence-electron chi connectivity index (χ3n) is 3.55. The Morgan fingerprint density at radius 3 is 2.46 bits per heavy atom. The van der Waals surface area contributed by atoms with Crippen LogP contribution >= 0.6 is 12.2 Å². The van der Waals surface area contributed by atoms with E-state index in [1.165, 1.54) is 13.2 Å². The molecule has 150 valence electrons. The smallest absolute Gasteiger partial charge is 0.264 e. The normalized spacial score (nSPS) is 10.6. The molecule has 0 aromatic heterocycles. The lowest BCUT2D eigenvalue weighted by Gasteiger charge is -2.16. The highest BCUT2D eigenvalue weighted by Crippen LogP contribution is 2.28. The number of sulfonamides is 1. The Hall–Kier alpha value is -2.78. The van der Waals surface area contributed by atoms with Gasteiger partial charge in [0.15, 0.2) is 5.11 Å². The molecule has 0 saturated carbocycles. The standard InChI is InChI=1S/C19H23N3O4S2/c1-4-12-20-19(27)21-17-11-10-16(25-3)13-18(17)28(23,24)22-14-6-8-15(9-7-14)26-5-2/h4,6-11,13,22H,1,5,12H2,2-3H3,(H2,20,21,27). The minimum atomic E-state index is -3.91. The van der Waals surface area contributed by atoms with Crippen molar-refractivity contribution in [1.29, 1.82) is 0 Å². The molecule has 0 unspecified atom stereocenters. The van der Waals surface area contributed by atoms with E-state index in [0.29, 0.717) is 36.0 Å². The first kappa shape index (κ1) is 21.5. The van der Waals surface area contributed by atoms with Crippen LogP contribution in [0.15, 0.2) is 60.0 Å². The molecular weight excluding hydrogens is 398 g/mol. The predicted octanol–water partition coefficient (Wildman–Crippen LogP) is 3.37. The summed E-state index contributed by atoms with van der Waals surface area (Å²) in [4.78, 5) is 0.00323. The van der Waals surface area contributed by atoms with Crippen molar-refractivity contribution in [2.24, 2.45) is 0 Å². The Morgan fingerprint density at radius 1 is 1.18 bits per heavy atom. The maximum absolute atomic E-state index is 13.0. The Labute approximate surface area is 170 Å². The van der Waals surface area contributed by atoms with Gasteiger partial charge in [-0.3, -0.25) is 4.72 Å². The number of anilines is 2. The zero-order valence-electron chi connectivity index (χ0n) is 15.7. The van der Waals surface area contributed by atoms with E-state index in [2.05, 4.69) is 21.9 Å². The van der Waals surface area contributed by atoms with Crippen molar-refractivity contribution in [3.63, 3.8) is 0 Å². The fourth-order valence-electron chi connectivity index (χ4n) is 2.28. The monoisotopic (exact) mass is 421 g/mol. The average Bonchev–Trinajstić information content (AvgIpc) is 2.68. The molecule has 0 amide bonds. The van der Waals surface area contributed by atoms with E-state index in [9.17, 15) is 8.42 Å². The van der Waals surface area contributed by atoms with E-state index in [1.807, 2.05) is 6.92 Å². The molecule has 0 aliphatic carbocycles. The van der Waals surface area contributed by atoms with Gasteiger partial charge in [0.2, 0.25) is 0 Å². The zero-order chi connectivity index (χ0) is 20.6. The first-order valence-corrected chi connectivity index (χ1v) is 10.4. The lowest BCUT2D eigenvalue weighted by atomic mass is 10.3. The highest BCUT2D eigenvalue weighted by Gasteiger charge is 2.21. The lowest BCUT2D eigenvalue weighted by Crippen LogP contribution is -2.29. The van der Waals surface area contributed by atoms with E-state index in [-0.39, 0.29) is 10.0 Å². The third-order valence-corrected chi connectivity index (χ3v) is 5.22. The molecule has 0 radical (unpaired) electrons. The van der Waals surface area contributed by atoms with Crippen LogP contribution < -0.4 is 24.8 Å². The predicted molar refractivity (Wildman–Crippen MR) is 116 cm³/mol. The van der Waals surface area contributed by atoms with Gasteiger partial charge in [0.1, 0.15) is 16.4 Å². The van der Waals surface area contributed by atoms with Gasteiger partial charge in [0, 0.05) is 18.3 Å². The molecule has 0 fully saturated rings. The molecule has 2 aromatic rings. The zero-order valence-corrected chi connectivity index (χ0v) is 17.3. The molecule has 0 aliphatic rings. The number of methoxy groups -OCH3 is 1. The SMILES string of the molecule is C=CCNC(=S)Nc1ccc(OC)cc1S(=O)(=O)Nc1ccc(OCC)cc1. The summed E-state index contributed by atoms with van der Waals surface area (Å²) in [5, 5.41) is 6.07. The van der Waals surface area contributed by atoms with Crippen molar-refractivity contribution in [2.45, 2.75) is 11.8 Å². The fraction of sp³-hybridized carbons (Fsp3) is 0.211. The van der Waals surface area contributed by atoms with Gasteiger partial charge in [0.05, 0.1) is 19.4 Å². The van der Waals surface area contributed by atoms with Crippen molar-refractivity contribution >= 4 is 38.7 Å². The van der Waals surface area contributed by atoms with Crippen LogP contribution in [0.3, 0.4) is 0 Å². The van der Waals surface area contributed by atoms with Gasteiger partial charge in [-0.05, 0) is 55.5 Å². The molecule has 0 saturated heterocycles. The Morgan fingerprint density at radius 2 is 1.86 bits per heavy atom. The van der Waals surface area contributed by atoms with Crippen molar-refractivity contribution in [1.82, 2.24) is 5.32 Å². The fourth-order valence-corrected chi connectivity index (χ4v) is 3.71. The summed E-state index contributed by atoms with van der Waals surface area (Å²) in [6, 6.07) is 11.3. The molecule has 2 aromatic carbocycles. The summed E-state index contributed by atoms with van der Waals surface area (Å²) in [6.45, 7) is 6.46. The van der Waals surface area contributed by atoms with Crippen LogP contribution in [0.5, 0.6) is 11.5 Å². The van der Waals surface area contributed by atoms with Crippen LogP contribution in [0.25, 0.3) is 0 Å². The minimum Gasteiger partial charge on any atom is -0.497 e. The molecule has 0 aliphatic heterocycles. The second kappa shape index (κ2) is 9.95. The Balaban J connectivity index is 2.31. The van der Waals surface area contributed by atoms with Crippen LogP contribution in [-0.2, 0) is 10.0 Å². The molecule has 7 nitrogen and oxygen atoms in total.